The molecule has 8 nitrogen and oxygen atoms in total. The molecule has 1 unspecified atom stereocenters. The van der Waals surface area contributed by atoms with E-state index in [0.717, 1.165) is 19.4 Å². The normalized spacial score (nSPS) is 19.7. The number of aliphatic hydroxyl groups is 1. The number of aliphatic hydroxyl groups excluding tert-OH is 1. The van der Waals surface area contributed by atoms with Gasteiger partial charge in [-0.05, 0) is 19.8 Å². The molecule has 0 spiro atoms. The lowest BCUT2D eigenvalue weighted by Crippen LogP contribution is -2.39. The van der Waals surface area contributed by atoms with E-state index in [0.29, 0.717) is 19.1 Å². The number of β-amino-alcohol motifs (C(OH)–C–C–N with tert-alkyl or cyclic N) is 1. The monoisotopic (exact) mass is 254 g/mol. The molecule has 0 amide bonds. The van der Waals surface area contributed by atoms with E-state index in [4.69, 9.17) is 10.6 Å². The summed E-state index contributed by atoms with van der Waals surface area (Å²) in [5.41, 5.74) is 2.39. The van der Waals surface area contributed by atoms with Crippen molar-refractivity contribution in [1.29, 1.82) is 0 Å². The molecule has 1 aromatic rings. The molecule has 1 aliphatic heterocycles. The minimum absolute atomic E-state index is 0.232. The van der Waals surface area contributed by atoms with Crippen molar-refractivity contribution in [3.05, 3.63) is 0 Å². The lowest BCUT2D eigenvalue weighted by Gasteiger charge is -2.30. The summed E-state index contributed by atoms with van der Waals surface area (Å²) in [5.74, 6) is 6.04. The number of nitrogens with zero attached hydrogens (tertiary/aromatic N) is 4. The largest absolute Gasteiger partial charge is 0.464 e. The average molecular weight is 254 g/mol. The SMILES string of the molecule is CCOc1nc(NN)nc(N2CCCC(O)C2)n1. The van der Waals surface area contributed by atoms with Crippen molar-refractivity contribution in [3.63, 3.8) is 0 Å². The number of ether oxygens (including phenoxy) is 1. The van der Waals surface area contributed by atoms with Crippen LogP contribution in [0.5, 0.6) is 6.01 Å². The average Bonchev–Trinajstić information content (AvgIpc) is 2.39. The van der Waals surface area contributed by atoms with Crippen molar-refractivity contribution in [2.45, 2.75) is 25.9 Å². The Labute approximate surface area is 105 Å². The maximum absolute atomic E-state index is 9.66. The zero-order chi connectivity index (χ0) is 13.0. The first-order chi connectivity index (χ1) is 8.72. The topological polar surface area (TPSA) is 109 Å². The Morgan fingerprint density at radius 2 is 2.33 bits per heavy atom. The number of nitrogen functional groups attached to an aromatic ring is 1. The first-order valence-electron chi connectivity index (χ1n) is 6.01. The van der Waals surface area contributed by atoms with Crippen LogP contribution < -0.4 is 20.9 Å². The van der Waals surface area contributed by atoms with Crippen LogP contribution in [0.1, 0.15) is 19.8 Å². The molecule has 18 heavy (non-hydrogen) atoms. The Morgan fingerprint density at radius 1 is 1.50 bits per heavy atom. The fraction of sp³-hybridized carbons (Fsp3) is 0.700. The Bertz CT molecular complexity index is 402. The highest BCUT2D eigenvalue weighted by Crippen LogP contribution is 2.19. The van der Waals surface area contributed by atoms with Crippen molar-refractivity contribution >= 4 is 11.9 Å². The highest BCUT2D eigenvalue weighted by molar-refractivity contribution is 5.38. The molecule has 2 heterocycles. The van der Waals surface area contributed by atoms with Gasteiger partial charge in [0.2, 0.25) is 11.9 Å². The first kappa shape index (κ1) is 12.8. The summed E-state index contributed by atoms with van der Waals surface area (Å²) in [6.45, 7) is 3.63. The molecule has 2 rings (SSSR count). The second-order valence-corrected chi connectivity index (χ2v) is 4.06. The first-order valence-corrected chi connectivity index (χ1v) is 6.01. The van der Waals surface area contributed by atoms with Crippen LogP contribution in [0.2, 0.25) is 0 Å². The van der Waals surface area contributed by atoms with Gasteiger partial charge in [0, 0.05) is 13.1 Å². The number of aromatic nitrogens is 3. The molecule has 1 aliphatic rings. The van der Waals surface area contributed by atoms with E-state index in [1.165, 1.54) is 0 Å². The van der Waals surface area contributed by atoms with Gasteiger partial charge in [0.1, 0.15) is 0 Å². The molecule has 0 saturated carbocycles. The molecular weight excluding hydrogens is 236 g/mol. The van der Waals surface area contributed by atoms with Crippen LogP contribution in [-0.4, -0.2) is 45.9 Å². The quantitative estimate of drug-likeness (QED) is 0.488. The number of rotatable bonds is 4. The molecule has 1 saturated heterocycles. The zero-order valence-electron chi connectivity index (χ0n) is 10.3. The number of hydrogen-bond acceptors (Lipinski definition) is 8. The summed E-state index contributed by atoms with van der Waals surface area (Å²) in [6, 6.07) is 0.232. The second kappa shape index (κ2) is 5.78. The number of hydrazine groups is 1. The van der Waals surface area contributed by atoms with Crippen molar-refractivity contribution in [2.75, 3.05) is 30.0 Å². The van der Waals surface area contributed by atoms with Gasteiger partial charge in [-0.15, -0.1) is 0 Å². The minimum Gasteiger partial charge on any atom is -0.464 e. The van der Waals surface area contributed by atoms with E-state index in [-0.39, 0.29) is 18.1 Å². The van der Waals surface area contributed by atoms with Crippen molar-refractivity contribution in [1.82, 2.24) is 15.0 Å². The van der Waals surface area contributed by atoms with Gasteiger partial charge in [0.15, 0.2) is 0 Å². The standard InChI is InChI=1S/C10H18N6O2/c1-2-18-10-13-8(15-11)12-9(14-10)16-5-3-4-7(17)6-16/h7,17H,2-6,11H2,1H3,(H,12,13,14,15). The third-order valence-corrected chi connectivity index (χ3v) is 2.68. The van der Waals surface area contributed by atoms with Gasteiger partial charge in [0.05, 0.1) is 12.7 Å². The summed E-state index contributed by atoms with van der Waals surface area (Å²) in [5, 5.41) is 9.66. The molecule has 4 N–H and O–H groups in total. The Hall–Kier alpha value is -1.67. The lowest BCUT2D eigenvalue weighted by molar-refractivity contribution is 0.153. The van der Waals surface area contributed by atoms with E-state index < -0.39 is 0 Å². The van der Waals surface area contributed by atoms with E-state index in [1.54, 1.807) is 0 Å². The summed E-state index contributed by atoms with van der Waals surface area (Å²) in [7, 11) is 0. The van der Waals surface area contributed by atoms with Crippen LogP contribution in [-0.2, 0) is 0 Å². The summed E-state index contributed by atoms with van der Waals surface area (Å²) in [4.78, 5) is 14.3. The van der Waals surface area contributed by atoms with E-state index >= 15 is 0 Å². The molecule has 1 atom stereocenters. The number of nitrogens with two attached hydrogens (primary N) is 1. The van der Waals surface area contributed by atoms with Crippen molar-refractivity contribution < 1.29 is 9.84 Å². The zero-order valence-corrected chi connectivity index (χ0v) is 10.3. The van der Waals surface area contributed by atoms with Gasteiger partial charge in [-0.25, -0.2) is 5.84 Å². The van der Waals surface area contributed by atoms with Gasteiger partial charge < -0.3 is 14.7 Å². The van der Waals surface area contributed by atoms with Gasteiger partial charge in [-0.1, -0.05) is 0 Å². The number of nitrogens with one attached hydrogen (secondary N) is 1. The highest BCUT2D eigenvalue weighted by Gasteiger charge is 2.21. The molecule has 0 aliphatic carbocycles. The molecule has 0 radical (unpaired) electrons. The Kier molecular flexibility index (Phi) is 4.11. The van der Waals surface area contributed by atoms with Crippen LogP contribution in [0.25, 0.3) is 0 Å². The third-order valence-electron chi connectivity index (χ3n) is 2.68. The Balaban J connectivity index is 2.22. The third kappa shape index (κ3) is 2.96. The minimum atomic E-state index is -0.347. The highest BCUT2D eigenvalue weighted by atomic mass is 16.5. The molecular formula is C10H18N6O2. The second-order valence-electron chi connectivity index (χ2n) is 4.06. The van der Waals surface area contributed by atoms with Crippen LogP contribution >= 0.6 is 0 Å². The van der Waals surface area contributed by atoms with Crippen LogP contribution in [0.4, 0.5) is 11.9 Å². The number of piperidine rings is 1. The van der Waals surface area contributed by atoms with Crippen molar-refractivity contribution in [3.8, 4) is 6.01 Å². The summed E-state index contributed by atoms with van der Waals surface area (Å²) < 4.78 is 5.26. The van der Waals surface area contributed by atoms with Crippen LogP contribution in [0.15, 0.2) is 0 Å². The maximum atomic E-state index is 9.66. The molecule has 1 aromatic heterocycles. The van der Waals surface area contributed by atoms with E-state index in [1.807, 2.05) is 11.8 Å². The molecule has 100 valence electrons. The predicted octanol–water partition coefficient (Wildman–Crippen LogP) is -0.483. The number of anilines is 2. The van der Waals surface area contributed by atoms with Crippen LogP contribution in [0.3, 0.4) is 0 Å². The van der Waals surface area contributed by atoms with Gasteiger partial charge in [0.25, 0.3) is 0 Å². The van der Waals surface area contributed by atoms with E-state index in [9.17, 15) is 5.11 Å². The molecule has 1 fully saturated rings. The predicted molar refractivity (Wildman–Crippen MR) is 66.3 cm³/mol. The van der Waals surface area contributed by atoms with Crippen LogP contribution in [0, 0.1) is 0 Å². The molecule has 0 aromatic carbocycles. The van der Waals surface area contributed by atoms with Gasteiger partial charge >= 0.3 is 6.01 Å². The number of hydrogen-bond donors (Lipinski definition) is 3. The molecule has 8 heteroatoms. The Morgan fingerprint density at radius 3 is 3.00 bits per heavy atom. The maximum Gasteiger partial charge on any atom is 0.323 e. The smallest absolute Gasteiger partial charge is 0.323 e. The summed E-state index contributed by atoms with van der Waals surface area (Å²) >= 11 is 0. The molecule has 0 bridgehead atoms. The fourth-order valence-corrected chi connectivity index (χ4v) is 1.88. The fourth-order valence-electron chi connectivity index (χ4n) is 1.88. The van der Waals surface area contributed by atoms with Gasteiger partial charge in [-0.3, -0.25) is 5.43 Å². The van der Waals surface area contributed by atoms with E-state index in [2.05, 4.69) is 20.4 Å². The van der Waals surface area contributed by atoms with Crippen molar-refractivity contribution in [2.24, 2.45) is 5.84 Å². The lowest BCUT2D eigenvalue weighted by atomic mass is 10.1. The summed E-state index contributed by atoms with van der Waals surface area (Å²) in [6.07, 6.45) is 1.37. The van der Waals surface area contributed by atoms with Gasteiger partial charge in [-0.2, -0.15) is 15.0 Å².